The number of nitrogens with zero attached hydrogens (tertiary/aromatic N) is 3. The molecule has 1 aromatic carbocycles. The number of pyridine rings is 1. The second kappa shape index (κ2) is 5.58. The molecule has 5 heteroatoms. The van der Waals surface area contributed by atoms with Crippen molar-refractivity contribution in [2.75, 3.05) is 0 Å². The lowest BCUT2D eigenvalue weighted by Gasteiger charge is -2.39. The molecule has 2 N–H and O–H groups in total. The number of aromatic nitrogens is 3. The molecule has 1 aliphatic carbocycles. The van der Waals surface area contributed by atoms with Gasteiger partial charge in [-0.1, -0.05) is 31.5 Å². The Bertz CT molecular complexity index is 924. The fraction of sp³-hybridized carbons (Fsp3) is 0.421. The fourth-order valence-electron chi connectivity index (χ4n) is 3.78. The van der Waals surface area contributed by atoms with E-state index in [0.717, 1.165) is 59.9 Å². The summed E-state index contributed by atoms with van der Waals surface area (Å²) in [6.45, 7) is 2.77. The van der Waals surface area contributed by atoms with Crippen LogP contribution >= 0.6 is 0 Å². The molecule has 3 aromatic rings. The van der Waals surface area contributed by atoms with Crippen LogP contribution in [0.2, 0.25) is 0 Å². The van der Waals surface area contributed by atoms with Crippen LogP contribution < -0.4 is 5.73 Å². The van der Waals surface area contributed by atoms with Crippen LogP contribution in [0.5, 0.6) is 0 Å². The molecule has 2 aromatic heterocycles. The molecule has 0 saturated heterocycles. The van der Waals surface area contributed by atoms with Crippen molar-refractivity contribution in [1.29, 1.82) is 0 Å². The van der Waals surface area contributed by atoms with Crippen LogP contribution in [0.4, 0.5) is 0 Å². The summed E-state index contributed by atoms with van der Waals surface area (Å²) in [4.78, 5) is 21.4. The van der Waals surface area contributed by atoms with Gasteiger partial charge < -0.3 is 10.3 Å². The Hall–Kier alpha value is -2.43. The summed E-state index contributed by atoms with van der Waals surface area (Å²) in [5.41, 5.74) is 8.26. The molecule has 0 unspecified atom stereocenters. The summed E-state index contributed by atoms with van der Waals surface area (Å²) >= 11 is 0. The van der Waals surface area contributed by atoms with E-state index in [1.165, 1.54) is 0 Å². The highest BCUT2D eigenvalue weighted by molar-refractivity contribution is 6.02. The number of primary amides is 1. The molecule has 0 spiro atoms. The van der Waals surface area contributed by atoms with Gasteiger partial charge in [-0.15, -0.1) is 0 Å². The molecule has 124 valence electrons. The average molecular weight is 322 g/mol. The Morgan fingerprint density at radius 2 is 2.08 bits per heavy atom. The van der Waals surface area contributed by atoms with E-state index in [4.69, 9.17) is 10.7 Å². The third kappa shape index (κ3) is 2.19. The summed E-state index contributed by atoms with van der Waals surface area (Å²) in [6.07, 6.45) is 6.55. The highest BCUT2D eigenvalue weighted by Gasteiger charge is 2.43. The summed E-state index contributed by atoms with van der Waals surface area (Å²) in [5, 5.41) is 1.09. The number of para-hydroxylation sites is 1. The van der Waals surface area contributed by atoms with Crippen molar-refractivity contribution in [3.8, 4) is 0 Å². The van der Waals surface area contributed by atoms with Gasteiger partial charge in [-0.25, -0.2) is 4.98 Å². The molecule has 4 rings (SSSR count). The van der Waals surface area contributed by atoms with Crippen molar-refractivity contribution >= 4 is 27.8 Å². The molecule has 1 aliphatic rings. The first-order chi connectivity index (χ1) is 11.6. The molecular weight excluding hydrogens is 300 g/mol. The molecule has 1 fully saturated rings. The number of amides is 1. The van der Waals surface area contributed by atoms with Crippen molar-refractivity contribution < 1.29 is 4.79 Å². The zero-order chi connectivity index (χ0) is 16.7. The summed E-state index contributed by atoms with van der Waals surface area (Å²) in [5.74, 6) is 0.842. The lowest BCUT2D eigenvalue weighted by molar-refractivity contribution is -0.133. The lowest BCUT2D eigenvalue weighted by Crippen LogP contribution is -2.46. The van der Waals surface area contributed by atoms with E-state index < -0.39 is 5.41 Å². The molecule has 24 heavy (non-hydrogen) atoms. The molecule has 2 heterocycles. The normalized spacial score (nSPS) is 16.4. The van der Waals surface area contributed by atoms with E-state index in [0.29, 0.717) is 6.54 Å². The van der Waals surface area contributed by atoms with Gasteiger partial charge in [0.1, 0.15) is 11.3 Å². The molecule has 1 amide bonds. The minimum atomic E-state index is -0.416. The first kappa shape index (κ1) is 15.1. The molecule has 0 aliphatic heterocycles. The van der Waals surface area contributed by atoms with E-state index in [9.17, 15) is 4.79 Å². The van der Waals surface area contributed by atoms with E-state index in [1.807, 2.05) is 24.4 Å². The largest absolute Gasteiger partial charge is 0.369 e. The number of imidazole rings is 1. The Balaban J connectivity index is 1.95. The molecule has 1 saturated carbocycles. The van der Waals surface area contributed by atoms with Crippen LogP contribution in [0.1, 0.15) is 38.4 Å². The maximum absolute atomic E-state index is 12.1. The van der Waals surface area contributed by atoms with Crippen LogP contribution in [0.25, 0.3) is 21.9 Å². The first-order valence-corrected chi connectivity index (χ1v) is 8.67. The predicted molar refractivity (Wildman–Crippen MR) is 94.5 cm³/mol. The summed E-state index contributed by atoms with van der Waals surface area (Å²) in [7, 11) is 0. The van der Waals surface area contributed by atoms with E-state index in [1.54, 1.807) is 0 Å². The van der Waals surface area contributed by atoms with Gasteiger partial charge in [0.05, 0.1) is 22.6 Å². The number of aryl methyl sites for hydroxylation is 1. The number of rotatable bonds is 5. The molecule has 0 radical (unpaired) electrons. The summed E-state index contributed by atoms with van der Waals surface area (Å²) in [6, 6.07) is 8.11. The van der Waals surface area contributed by atoms with Crippen molar-refractivity contribution in [2.45, 2.75) is 45.6 Å². The highest BCUT2D eigenvalue weighted by Crippen LogP contribution is 2.43. The quantitative estimate of drug-likeness (QED) is 0.784. The van der Waals surface area contributed by atoms with Crippen LogP contribution in [0.3, 0.4) is 0 Å². The van der Waals surface area contributed by atoms with Gasteiger partial charge in [-0.3, -0.25) is 9.78 Å². The van der Waals surface area contributed by atoms with Crippen LogP contribution in [-0.4, -0.2) is 20.4 Å². The van der Waals surface area contributed by atoms with E-state index >= 15 is 0 Å². The zero-order valence-electron chi connectivity index (χ0n) is 14.0. The van der Waals surface area contributed by atoms with E-state index in [-0.39, 0.29) is 5.91 Å². The van der Waals surface area contributed by atoms with Gasteiger partial charge in [0.15, 0.2) is 0 Å². The lowest BCUT2D eigenvalue weighted by atomic mass is 9.68. The molecule has 5 nitrogen and oxygen atoms in total. The zero-order valence-corrected chi connectivity index (χ0v) is 14.0. The Kier molecular flexibility index (Phi) is 3.52. The van der Waals surface area contributed by atoms with Gasteiger partial charge in [0, 0.05) is 18.4 Å². The fourth-order valence-corrected chi connectivity index (χ4v) is 3.78. The van der Waals surface area contributed by atoms with Gasteiger partial charge in [0.2, 0.25) is 5.91 Å². The van der Waals surface area contributed by atoms with Gasteiger partial charge in [-0.2, -0.15) is 0 Å². The number of benzene rings is 1. The maximum atomic E-state index is 12.1. The number of hydrogen-bond donors (Lipinski definition) is 1. The number of nitrogens with two attached hydrogens (primary N) is 1. The van der Waals surface area contributed by atoms with Gasteiger partial charge in [-0.05, 0) is 25.3 Å². The maximum Gasteiger partial charge on any atom is 0.225 e. The standard InChI is InChI=1S/C19H22N4O/c1-2-6-16-22-15-11-21-14-8-4-3-7-13(14)17(15)23(16)12-19(18(20)24)9-5-10-19/h3-4,7-8,11H,2,5-6,9-10,12H2,1H3,(H2,20,24). The van der Waals surface area contributed by atoms with Crippen molar-refractivity contribution in [3.63, 3.8) is 0 Å². The number of fused-ring (bicyclic) bond motifs is 3. The van der Waals surface area contributed by atoms with Crippen LogP contribution in [0, 0.1) is 5.41 Å². The van der Waals surface area contributed by atoms with E-state index in [2.05, 4.69) is 22.5 Å². The van der Waals surface area contributed by atoms with Crippen LogP contribution in [0.15, 0.2) is 30.5 Å². The van der Waals surface area contributed by atoms with Crippen molar-refractivity contribution in [2.24, 2.45) is 11.1 Å². The summed E-state index contributed by atoms with van der Waals surface area (Å²) < 4.78 is 2.23. The second-order valence-corrected chi connectivity index (χ2v) is 6.87. The molecule has 0 bridgehead atoms. The third-order valence-electron chi connectivity index (χ3n) is 5.33. The van der Waals surface area contributed by atoms with Crippen molar-refractivity contribution in [3.05, 3.63) is 36.3 Å². The Morgan fingerprint density at radius 3 is 2.75 bits per heavy atom. The molecular formula is C19H22N4O. The smallest absolute Gasteiger partial charge is 0.225 e. The second-order valence-electron chi connectivity index (χ2n) is 6.87. The topological polar surface area (TPSA) is 73.8 Å². The SMILES string of the molecule is CCCc1nc2cnc3ccccc3c2n1CC1(C(N)=O)CCC1. The van der Waals surface area contributed by atoms with Gasteiger partial charge >= 0.3 is 0 Å². The van der Waals surface area contributed by atoms with Gasteiger partial charge in [0.25, 0.3) is 0 Å². The average Bonchev–Trinajstić information content (AvgIpc) is 2.88. The number of carbonyl (C=O) groups is 1. The minimum absolute atomic E-state index is 0.184. The minimum Gasteiger partial charge on any atom is -0.369 e. The molecule has 0 atom stereocenters. The number of carbonyl (C=O) groups excluding carboxylic acids is 1. The third-order valence-corrected chi connectivity index (χ3v) is 5.33. The number of hydrogen-bond acceptors (Lipinski definition) is 3. The Morgan fingerprint density at radius 1 is 1.29 bits per heavy atom. The van der Waals surface area contributed by atoms with Crippen molar-refractivity contribution in [1.82, 2.24) is 14.5 Å². The monoisotopic (exact) mass is 322 g/mol. The first-order valence-electron chi connectivity index (χ1n) is 8.67. The Labute approximate surface area is 140 Å². The van der Waals surface area contributed by atoms with Crippen LogP contribution in [-0.2, 0) is 17.8 Å². The predicted octanol–water partition coefficient (Wildman–Crippen LogP) is 3.19. The highest BCUT2D eigenvalue weighted by atomic mass is 16.1.